The summed E-state index contributed by atoms with van der Waals surface area (Å²) < 4.78 is 9.31. The van der Waals surface area contributed by atoms with Crippen molar-refractivity contribution in [2.45, 2.75) is 26.3 Å². The number of methoxy groups -OCH3 is 2. The summed E-state index contributed by atoms with van der Waals surface area (Å²) in [5.74, 6) is -2.69. The highest BCUT2D eigenvalue weighted by molar-refractivity contribution is 6.04. The number of carbonyl (C=O) groups is 4. The third kappa shape index (κ3) is 5.91. The van der Waals surface area contributed by atoms with Crippen LogP contribution in [0.1, 0.15) is 30.6 Å². The minimum absolute atomic E-state index is 0.0212. The van der Waals surface area contributed by atoms with Crippen LogP contribution < -0.4 is 10.6 Å². The van der Waals surface area contributed by atoms with Crippen molar-refractivity contribution in [3.63, 3.8) is 0 Å². The van der Waals surface area contributed by atoms with E-state index in [2.05, 4.69) is 20.1 Å². The Morgan fingerprint density at radius 2 is 1.64 bits per heavy atom. The predicted octanol–water partition coefficient (Wildman–Crippen LogP) is 1.12. The molecule has 2 amide bonds. The first-order valence-electron chi connectivity index (χ1n) is 7.63. The zero-order chi connectivity index (χ0) is 19.0. The summed E-state index contributed by atoms with van der Waals surface area (Å²) in [6.45, 7) is 2.91. The third-order valence-corrected chi connectivity index (χ3v) is 3.47. The van der Waals surface area contributed by atoms with Crippen LogP contribution in [0.4, 0.5) is 5.69 Å². The van der Waals surface area contributed by atoms with Crippen molar-refractivity contribution in [1.29, 1.82) is 0 Å². The Bertz CT molecular complexity index is 658. The average molecular weight is 350 g/mol. The molecule has 0 radical (unpaired) electrons. The van der Waals surface area contributed by atoms with Gasteiger partial charge >= 0.3 is 11.9 Å². The van der Waals surface area contributed by atoms with E-state index < -0.39 is 29.8 Å². The lowest BCUT2D eigenvalue weighted by Gasteiger charge is -2.20. The number of carbonyl (C=O) groups excluding carboxylic acids is 4. The number of amides is 2. The first kappa shape index (κ1) is 20.1. The van der Waals surface area contributed by atoms with Crippen LogP contribution in [0.25, 0.3) is 0 Å². The normalized spacial score (nSPS) is 12.5. The van der Waals surface area contributed by atoms with E-state index in [4.69, 9.17) is 0 Å². The molecule has 0 saturated carbocycles. The maximum absolute atomic E-state index is 12.5. The number of ether oxygens (including phenoxy) is 2. The van der Waals surface area contributed by atoms with Gasteiger partial charge in [-0.05, 0) is 18.6 Å². The molecule has 1 aromatic rings. The molecule has 0 fully saturated rings. The van der Waals surface area contributed by atoms with Gasteiger partial charge in [0.1, 0.15) is 6.04 Å². The molecule has 2 atom stereocenters. The van der Waals surface area contributed by atoms with Gasteiger partial charge in [-0.15, -0.1) is 0 Å². The molecule has 8 nitrogen and oxygen atoms in total. The topological polar surface area (TPSA) is 111 Å². The van der Waals surface area contributed by atoms with Crippen LogP contribution in [0.3, 0.4) is 0 Å². The van der Waals surface area contributed by atoms with Gasteiger partial charge in [0.05, 0.1) is 31.4 Å². The second-order valence-corrected chi connectivity index (χ2v) is 5.44. The predicted molar refractivity (Wildman–Crippen MR) is 89.8 cm³/mol. The molecule has 0 bridgehead atoms. The van der Waals surface area contributed by atoms with Gasteiger partial charge in [0.2, 0.25) is 5.91 Å². The van der Waals surface area contributed by atoms with Crippen molar-refractivity contribution in [2.75, 3.05) is 19.5 Å². The van der Waals surface area contributed by atoms with Crippen molar-refractivity contribution < 1.29 is 28.7 Å². The molecule has 0 saturated heterocycles. The van der Waals surface area contributed by atoms with Gasteiger partial charge in [-0.2, -0.15) is 0 Å². The van der Waals surface area contributed by atoms with E-state index in [0.29, 0.717) is 5.69 Å². The first-order valence-corrected chi connectivity index (χ1v) is 7.63. The van der Waals surface area contributed by atoms with Crippen molar-refractivity contribution in [3.05, 3.63) is 29.8 Å². The molecule has 1 aromatic carbocycles. The Balaban J connectivity index is 2.97. The van der Waals surface area contributed by atoms with E-state index in [1.54, 1.807) is 25.1 Å². The third-order valence-electron chi connectivity index (χ3n) is 3.47. The van der Waals surface area contributed by atoms with Gasteiger partial charge in [0.25, 0.3) is 5.91 Å². The SMILES string of the molecule is COC(=O)[C@H](C[C@H](C)C(=O)OC)NC(=O)c1ccccc1NC(C)=O. The zero-order valence-corrected chi connectivity index (χ0v) is 14.6. The number of rotatable bonds is 7. The summed E-state index contributed by atoms with van der Waals surface area (Å²) in [5.41, 5.74) is 0.509. The number of esters is 2. The average Bonchev–Trinajstić information content (AvgIpc) is 2.59. The molecule has 0 aromatic heterocycles. The molecular weight excluding hydrogens is 328 g/mol. The highest BCUT2D eigenvalue weighted by Gasteiger charge is 2.28. The van der Waals surface area contributed by atoms with E-state index in [9.17, 15) is 19.2 Å². The molecule has 0 heterocycles. The van der Waals surface area contributed by atoms with Crippen molar-refractivity contribution in [3.8, 4) is 0 Å². The maximum atomic E-state index is 12.5. The molecule has 25 heavy (non-hydrogen) atoms. The molecule has 1 rings (SSSR count). The second-order valence-electron chi connectivity index (χ2n) is 5.44. The molecule has 136 valence electrons. The summed E-state index contributed by atoms with van der Waals surface area (Å²) in [6, 6.07) is 5.35. The summed E-state index contributed by atoms with van der Waals surface area (Å²) in [7, 11) is 2.43. The monoisotopic (exact) mass is 350 g/mol. The van der Waals surface area contributed by atoms with E-state index in [1.807, 2.05) is 0 Å². The highest BCUT2D eigenvalue weighted by Crippen LogP contribution is 2.16. The fourth-order valence-corrected chi connectivity index (χ4v) is 2.22. The second kappa shape index (κ2) is 9.41. The lowest BCUT2D eigenvalue weighted by molar-refractivity contribution is -0.147. The van der Waals surface area contributed by atoms with E-state index in [1.165, 1.54) is 27.2 Å². The molecule has 0 spiro atoms. The lowest BCUT2D eigenvalue weighted by atomic mass is 10.0. The standard InChI is InChI=1S/C17H22N2O6/c1-10(16(22)24-3)9-14(17(23)25-4)19-15(21)12-7-5-6-8-13(12)18-11(2)20/h5-8,10,14H,9H2,1-4H3,(H,18,20)(H,19,21)/t10-,14-/m0/s1. The van der Waals surface area contributed by atoms with Gasteiger partial charge in [0.15, 0.2) is 0 Å². The summed E-state index contributed by atoms with van der Waals surface area (Å²) in [6.07, 6.45) is 0.0212. The number of anilines is 1. The maximum Gasteiger partial charge on any atom is 0.328 e. The Morgan fingerprint density at radius 3 is 2.20 bits per heavy atom. The van der Waals surface area contributed by atoms with Crippen LogP contribution in [-0.2, 0) is 23.9 Å². The van der Waals surface area contributed by atoms with Gasteiger partial charge in [-0.1, -0.05) is 19.1 Å². The number of hydrogen-bond acceptors (Lipinski definition) is 6. The molecule has 0 aliphatic rings. The first-order chi connectivity index (χ1) is 11.8. The minimum atomic E-state index is -1.03. The van der Waals surface area contributed by atoms with E-state index in [-0.39, 0.29) is 17.9 Å². The molecular formula is C17H22N2O6. The number of hydrogen-bond donors (Lipinski definition) is 2. The summed E-state index contributed by atoms with van der Waals surface area (Å²) in [4.78, 5) is 47.2. The largest absolute Gasteiger partial charge is 0.469 e. The summed E-state index contributed by atoms with van der Waals surface area (Å²) >= 11 is 0. The highest BCUT2D eigenvalue weighted by atomic mass is 16.5. The lowest BCUT2D eigenvalue weighted by Crippen LogP contribution is -2.43. The number of nitrogens with one attached hydrogen (secondary N) is 2. The minimum Gasteiger partial charge on any atom is -0.469 e. The Hall–Kier alpha value is -2.90. The van der Waals surface area contributed by atoms with E-state index in [0.717, 1.165) is 0 Å². The molecule has 2 N–H and O–H groups in total. The fraction of sp³-hybridized carbons (Fsp3) is 0.412. The molecule has 0 aliphatic carbocycles. The van der Waals surface area contributed by atoms with E-state index >= 15 is 0 Å². The van der Waals surface area contributed by atoms with Crippen LogP contribution >= 0.6 is 0 Å². The summed E-state index contributed by atoms with van der Waals surface area (Å²) in [5, 5.41) is 5.08. The van der Waals surface area contributed by atoms with Crippen LogP contribution in [-0.4, -0.2) is 44.0 Å². The van der Waals surface area contributed by atoms with Crippen molar-refractivity contribution >= 4 is 29.4 Å². The fourth-order valence-electron chi connectivity index (χ4n) is 2.22. The smallest absolute Gasteiger partial charge is 0.328 e. The van der Waals surface area contributed by atoms with Crippen LogP contribution in [0, 0.1) is 5.92 Å². The van der Waals surface area contributed by atoms with Crippen LogP contribution in [0.5, 0.6) is 0 Å². The van der Waals surface area contributed by atoms with Crippen LogP contribution in [0.15, 0.2) is 24.3 Å². The van der Waals surface area contributed by atoms with Crippen molar-refractivity contribution in [2.24, 2.45) is 5.92 Å². The Morgan fingerprint density at radius 1 is 1.04 bits per heavy atom. The Labute approximate surface area is 145 Å². The van der Waals surface area contributed by atoms with Crippen LogP contribution in [0.2, 0.25) is 0 Å². The van der Waals surface area contributed by atoms with Gasteiger partial charge in [0, 0.05) is 6.92 Å². The number of benzene rings is 1. The quantitative estimate of drug-likeness (QED) is 0.713. The van der Waals surface area contributed by atoms with Crippen molar-refractivity contribution in [1.82, 2.24) is 5.32 Å². The molecule has 0 unspecified atom stereocenters. The van der Waals surface area contributed by atoms with Gasteiger partial charge in [-0.25, -0.2) is 4.79 Å². The van der Waals surface area contributed by atoms with Gasteiger partial charge in [-0.3, -0.25) is 14.4 Å². The molecule has 8 heteroatoms. The number of para-hydroxylation sites is 1. The Kier molecular flexibility index (Phi) is 7.58. The zero-order valence-electron chi connectivity index (χ0n) is 14.6. The molecule has 0 aliphatic heterocycles. The van der Waals surface area contributed by atoms with Gasteiger partial charge < -0.3 is 20.1 Å².